The van der Waals surface area contributed by atoms with Crippen LogP contribution in [0.1, 0.15) is 39.5 Å². The van der Waals surface area contributed by atoms with E-state index in [1.807, 2.05) is 0 Å². The molecule has 0 saturated carbocycles. The molecule has 3 unspecified atom stereocenters. The minimum absolute atomic E-state index is 0.773. The molecule has 0 amide bonds. The Kier molecular flexibility index (Phi) is 4.98. The first-order valence-electron chi connectivity index (χ1n) is 6.86. The van der Waals surface area contributed by atoms with Crippen LogP contribution in [0.3, 0.4) is 0 Å². The maximum Gasteiger partial charge on any atom is 0.0184 e. The number of thioether (sulfide) groups is 1. The molecule has 16 heavy (non-hydrogen) atoms. The van der Waals surface area contributed by atoms with Gasteiger partial charge in [-0.15, -0.1) is 0 Å². The van der Waals surface area contributed by atoms with Gasteiger partial charge in [-0.2, -0.15) is 11.8 Å². The highest BCUT2D eigenvalue weighted by molar-refractivity contribution is 8.00. The summed E-state index contributed by atoms with van der Waals surface area (Å²) in [6.07, 6.45) is 5.55. The van der Waals surface area contributed by atoms with Gasteiger partial charge in [-0.05, 0) is 45.7 Å². The third-order valence-electron chi connectivity index (χ3n) is 4.17. The molecule has 2 nitrogen and oxygen atoms in total. The lowest BCUT2D eigenvalue weighted by Crippen LogP contribution is -2.45. The predicted molar refractivity (Wildman–Crippen MR) is 73.2 cm³/mol. The van der Waals surface area contributed by atoms with Gasteiger partial charge in [-0.1, -0.05) is 6.92 Å². The summed E-state index contributed by atoms with van der Waals surface area (Å²) in [5.41, 5.74) is 0. The van der Waals surface area contributed by atoms with E-state index in [4.69, 9.17) is 0 Å². The molecule has 0 spiro atoms. The van der Waals surface area contributed by atoms with E-state index in [1.165, 1.54) is 51.1 Å². The molecule has 94 valence electrons. The van der Waals surface area contributed by atoms with Gasteiger partial charge >= 0.3 is 0 Å². The number of rotatable bonds is 4. The van der Waals surface area contributed by atoms with Crippen molar-refractivity contribution < 1.29 is 0 Å². The van der Waals surface area contributed by atoms with Gasteiger partial charge in [-0.25, -0.2) is 0 Å². The van der Waals surface area contributed by atoms with Crippen LogP contribution in [-0.2, 0) is 0 Å². The normalized spacial score (nSPS) is 36.8. The maximum atomic E-state index is 3.59. The number of nitrogens with one attached hydrogen (secondary N) is 1. The third kappa shape index (κ3) is 3.38. The van der Waals surface area contributed by atoms with Crippen LogP contribution in [0.4, 0.5) is 0 Å². The Hall–Kier alpha value is 0.270. The monoisotopic (exact) mass is 242 g/mol. The Morgan fingerprint density at radius 3 is 3.00 bits per heavy atom. The molecule has 0 aliphatic carbocycles. The van der Waals surface area contributed by atoms with Crippen LogP contribution >= 0.6 is 11.8 Å². The van der Waals surface area contributed by atoms with Crippen LogP contribution in [0.2, 0.25) is 0 Å². The van der Waals surface area contributed by atoms with E-state index in [0.717, 1.165) is 17.3 Å². The average Bonchev–Trinajstić information content (AvgIpc) is 2.77. The van der Waals surface area contributed by atoms with Gasteiger partial charge in [-0.3, -0.25) is 4.90 Å². The molecule has 0 radical (unpaired) electrons. The molecule has 2 aliphatic heterocycles. The molecule has 1 N–H and O–H groups in total. The topological polar surface area (TPSA) is 15.3 Å². The average molecular weight is 242 g/mol. The highest BCUT2D eigenvalue weighted by Crippen LogP contribution is 2.24. The predicted octanol–water partition coefficient (Wildman–Crippen LogP) is 2.34. The molecule has 2 fully saturated rings. The van der Waals surface area contributed by atoms with Crippen molar-refractivity contribution in [2.45, 2.75) is 56.9 Å². The molecule has 3 heteroatoms. The fourth-order valence-electron chi connectivity index (χ4n) is 2.85. The van der Waals surface area contributed by atoms with E-state index in [2.05, 4.69) is 35.8 Å². The van der Waals surface area contributed by atoms with Gasteiger partial charge < -0.3 is 5.32 Å². The van der Waals surface area contributed by atoms with Gasteiger partial charge in [0.05, 0.1) is 0 Å². The first-order valence-corrected chi connectivity index (χ1v) is 7.91. The first kappa shape index (κ1) is 12.7. The second kappa shape index (κ2) is 6.27. The fourth-order valence-corrected chi connectivity index (χ4v) is 4.02. The molecule has 0 aromatic heterocycles. The van der Waals surface area contributed by atoms with Crippen LogP contribution in [0, 0.1) is 0 Å². The van der Waals surface area contributed by atoms with Crippen molar-refractivity contribution in [3.05, 3.63) is 0 Å². The molecule has 3 atom stereocenters. The second-order valence-electron chi connectivity index (χ2n) is 5.29. The van der Waals surface area contributed by atoms with Crippen LogP contribution in [-0.4, -0.2) is 47.6 Å². The molecule has 0 aromatic rings. The van der Waals surface area contributed by atoms with Crippen molar-refractivity contribution in [2.75, 3.05) is 25.4 Å². The largest absolute Gasteiger partial charge is 0.314 e. The smallest absolute Gasteiger partial charge is 0.0184 e. The van der Waals surface area contributed by atoms with Crippen molar-refractivity contribution in [1.29, 1.82) is 0 Å². The highest BCUT2D eigenvalue weighted by atomic mass is 32.2. The van der Waals surface area contributed by atoms with Crippen LogP contribution < -0.4 is 5.32 Å². The van der Waals surface area contributed by atoms with E-state index in [1.54, 1.807) is 0 Å². The Morgan fingerprint density at radius 2 is 2.25 bits per heavy atom. The SMILES string of the molecule is CC1SCCN(CCCC2CCCN2)C1C. The zero-order valence-electron chi connectivity index (χ0n) is 10.7. The van der Waals surface area contributed by atoms with E-state index < -0.39 is 0 Å². The number of hydrogen-bond acceptors (Lipinski definition) is 3. The summed E-state index contributed by atoms with van der Waals surface area (Å²) >= 11 is 2.13. The fraction of sp³-hybridized carbons (Fsp3) is 1.00. The van der Waals surface area contributed by atoms with Crippen LogP contribution in [0.5, 0.6) is 0 Å². The van der Waals surface area contributed by atoms with E-state index in [-0.39, 0.29) is 0 Å². The van der Waals surface area contributed by atoms with E-state index in [0.29, 0.717) is 0 Å². The molecule has 0 bridgehead atoms. The van der Waals surface area contributed by atoms with Gasteiger partial charge in [0.1, 0.15) is 0 Å². The quantitative estimate of drug-likeness (QED) is 0.814. The zero-order chi connectivity index (χ0) is 11.4. The molecule has 2 aliphatic rings. The van der Waals surface area contributed by atoms with E-state index in [9.17, 15) is 0 Å². The summed E-state index contributed by atoms with van der Waals surface area (Å²) in [5, 5.41) is 4.41. The Balaban J connectivity index is 1.64. The van der Waals surface area contributed by atoms with Crippen molar-refractivity contribution in [2.24, 2.45) is 0 Å². The summed E-state index contributed by atoms with van der Waals surface area (Å²) in [7, 11) is 0. The minimum Gasteiger partial charge on any atom is -0.314 e. The van der Waals surface area contributed by atoms with Crippen LogP contribution in [0.25, 0.3) is 0 Å². The number of hydrogen-bond donors (Lipinski definition) is 1. The standard InChI is InChI=1S/C13H26N2S/c1-11-12(2)16-10-9-15(11)8-4-6-13-5-3-7-14-13/h11-14H,3-10H2,1-2H3. The Bertz CT molecular complexity index is 204. The van der Waals surface area contributed by atoms with Gasteiger partial charge in [0.15, 0.2) is 0 Å². The van der Waals surface area contributed by atoms with Crippen molar-refractivity contribution in [3.8, 4) is 0 Å². The number of nitrogens with zero attached hydrogens (tertiary/aromatic N) is 1. The molecule has 0 aromatic carbocycles. The first-order chi connectivity index (χ1) is 7.77. The van der Waals surface area contributed by atoms with E-state index >= 15 is 0 Å². The van der Waals surface area contributed by atoms with Crippen molar-refractivity contribution in [3.63, 3.8) is 0 Å². The highest BCUT2D eigenvalue weighted by Gasteiger charge is 2.24. The van der Waals surface area contributed by atoms with Crippen molar-refractivity contribution >= 4 is 11.8 Å². The summed E-state index contributed by atoms with van der Waals surface area (Å²) in [4.78, 5) is 2.69. The van der Waals surface area contributed by atoms with Gasteiger partial charge in [0.2, 0.25) is 0 Å². The molecule has 2 saturated heterocycles. The lowest BCUT2D eigenvalue weighted by atomic mass is 10.1. The Morgan fingerprint density at radius 1 is 1.38 bits per heavy atom. The van der Waals surface area contributed by atoms with Gasteiger partial charge in [0.25, 0.3) is 0 Å². The summed E-state index contributed by atoms with van der Waals surface area (Å²) in [6, 6.07) is 1.60. The molecular weight excluding hydrogens is 216 g/mol. The summed E-state index contributed by atoms with van der Waals surface area (Å²) < 4.78 is 0. The molecule has 2 heterocycles. The Labute approximate surface area is 105 Å². The van der Waals surface area contributed by atoms with Crippen molar-refractivity contribution in [1.82, 2.24) is 10.2 Å². The summed E-state index contributed by atoms with van der Waals surface area (Å²) in [6.45, 7) is 8.63. The molecule has 2 rings (SSSR count). The molecular formula is C13H26N2S. The van der Waals surface area contributed by atoms with Gasteiger partial charge in [0, 0.05) is 29.6 Å². The van der Waals surface area contributed by atoms with Crippen LogP contribution in [0.15, 0.2) is 0 Å². The maximum absolute atomic E-state index is 3.59. The lowest BCUT2D eigenvalue weighted by molar-refractivity contribution is 0.206. The lowest BCUT2D eigenvalue weighted by Gasteiger charge is -2.37. The minimum atomic E-state index is 0.773. The summed E-state index contributed by atoms with van der Waals surface area (Å²) in [5.74, 6) is 1.33. The second-order valence-corrected chi connectivity index (χ2v) is 6.77. The zero-order valence-corrected chi connectivity index (χ0v) is 11.6. The third-order valence-corrected chi connectivity index (χ3v) is 5.51.